The summed E-state index contributed by atoms with van der Waals surface area (Å²) in [4.78, 5) is 12.8. The third kappa shape index (κ3) is 5.52. The number of halogens is 2. The summed E-state index contributed by atoms with van der Waals surface area (Å²) >= 11 is 12.4. The van der Waals surface area contributed by atoms with Crippen molar-refractivity contribution in [3.05, 3.63) is 81.8 Å². The zero-order valence-corrected chi connectivity index (χ0v) is 21.7. The number of azo groups is 1. The molecule has 190 valence electrons. The van der Waals surface area contributed by atoms with E-state index in [-0.39, 0.29) is 43.1 Å². The highest BCUT2D eigenvalue weighted by Gasteiger charge is 2.20. The quantitative estimate of drug-likeness (QED) is 0.170. The lowest BCUT2D eigenvalue weighted by molar-refractivity contribution is 0.102. The molecule has 0 aliphatic carbocycles. The molecule has 0 bridgehead atoms. The van der Waals surface area contributed by atoms with Crippen molar-refractivity contribution in [2.75, 3.05) is 12.4 Å². The molecule has 0 saturated carbocycles. The number of rotatable bonds is 6. The van der Waals surface area contributed by atoms with Gasteiger partial charge in [-0.3, -0.25) is 9.35 Å². The number of amides is 1. The first kappa shape index (κ1) is 26.4. The average Bonchev–Trinajstić information content (AvgIpc) is 2.84. The van der Waals surface area contributed by atoms with Crippen molar-refractivity contribution < 1.29 is 27.6 Å². The number of hydrogen-bond donors (Lipinski definition) is 3. The minimum atomic E-state index is -4.54. The van der Waals surface area contributed by atoms with Crippen LogP contribution in [0.4, 0.5) is 17.1 Å². The Hall–Kier alpha value is -3.70. The molecule has 0 saturated heterocycles. The number of carbonyl (C=O) groups is 1. The Bertz CT molecular complexity index is 1690. The van der Waals surface area contributed by atoms with Gasteiger partial charge in [0.15, 0.2) is 5.75 Å². The first-order valence-corrected chi connectivity index (χ1v) is 12.8. The molecule has 0 fully saturated rings. The van der Waals surface area contributed by atoms with Crippen LogP contribution in [0.15, 0.2) is 75.8 Å². The minimum absolute atomic E-state index is 0.0509. The van der Waals surface area contributed by atoms with Crippen LogP contribution in [0.3, 0.4) is 0 Å². The molecule has 0 aliphatic rings. The Morgan fingerprint density at radius 1 is 1.00 bits per heavy atom. The van der Waals surface area contributed by atoms with Gasteiger partial charge in [0.05, 0.1) is 33.3 Å². The molecule has 0 aromatic heterocycles. The predicted molar refractivity (Wildman–Crippen MR) is 142 cm³/mol. The third-order valence-electron chi connectivity index (χ3n) is 5.44. The van der Waals surface area contributed by atoms with Gasteiger partial charge in [0.1, 0.15) is 17.1 Å². The van der Waals surface area contributed by atoms with Crippen molar-refractivity contribution in [3.63, 3.8) is 0 Å². The average molecular weight is 560 g/mol. The topological polar surface area (TPSA) is 138 Å². The van der Waals surface area contributed by atoms with E-state index in [1.165, 1.54) is 32.2 Å². The highest BCUT2D eigenvalue weighted by molar-refractivity contribution is 7.85. The number of carbonyl (C=O) groups excluding carboxylic acids is 1. The highest BCUT2D eigenvalue weighted by Crippen LogP contribution is 2.41. The summed E-state index contributed by atoms with van der Waals surface area (Å²) in [6.07, 6.45) is 0. The Balaban J connectivity index is 1.81. The normalized spacial score (nSPS) is 11.7. The summed E-state index contributed by atoms with van der Waals surface area (Å²) in [5.41, 5.74) is 0.257. The number of anilines is 1. The number of methoxy groups -OCH3 is 1. The summed E-state index contributed by atoms with van der Waals surface area (Å²) in [7, 11) is -3.06. The molecule has 12 heteroatoms. The molecule has 4 aromatic rings. The van der Waals surface area contributed by atoms with Gasteiger partial charge < -0.3 is 15.2 Å². The first-order valence-electron chi connectivity index (χ1n) is 10.6. The molecule has 0 heterocycles. The molecular formula is C25H19Cl2N3O6S. The number of hydrogen-bond acceptors (Lipinski definition) is 7. The van der Waals surface area contributed by atoms with Gasteiger partial charge in [0.25, 0.3) is 16.0 Å². The summed E-state index contributed by atoms with van der Waals surface area (Å²) in [6, 6.07) is 15.4. The maximum atomic E-state index is 13.1. The molecule has 4 rings (SSSR count). The van der Waals surface area contributed by atoms with E-state index in [0.717, 1.165) is 6.07 Å². The van der Waals surface area contributed by atoms with Crippen molar-refractivity contribution in [2.45, 2.75) is 11.8 Å². The lowest BCUT2D eigenvalue weighted by atomic mass is 10.0. The number of aryl methyl sites for hydroxylation is 1. The predicted octanol–water partition coefficient (Wildman–Crippen LogP) is 7.08. The standard InChI is InChI=1S/C25H19Cl2N3O6S/c1-13-9-19(27)21(12-22(13)37(33,34)35)29-30-23-16-6-4-3-5-14(16)10-17(24(23)31)25(32)28-20-11-15(36-2)7-8-18(20)26/h3-12,31H,1-2H3,(H,28,32)(H,33,34,35). The molecule has 0 aliphatic heterocycles. The van der Waals surface area contributed by atoms with Crippen LogP contribution in [0, 0.1) is 6.92 Å². The van der Waals surface area contributed by atoms with Crippen molar-refractivity contribution >= 4 is 67.1 Å². The smallest absolute Gasteiger partial charge is 0.294 e. The van der Waals surface area contributed by atoms with Crippen LogP contribution in [-0.4, -0.2) is 31.1 Å². The van der Waals surface area contributed by atoms with Crippen LogP contribution in [0.2, 0.25) is 10.0 Å². The number of fused-ring (bicyclic) bond motifs is 1. The second-order valence-electron chi connectivity index (χ2n) is 7.89. The first-order chi connectivity index (χ1) is 17.5. The summed E-state index contributed by atoms with van der Waals surface area (Å²) in [5.74, 6) is -0.676. The second kappa shape index (κ2) is 10.3. The van der Waals surface area contributed by atoms with Crippen LogP contribution < -0.4 is 10.1 Å². The van der Waals surface area contributed by atoms with Crippen LogP contribution >= 0.6 is 23.2 Å². The SMILES string of the molecule is COc1ccc(Cl)c(NC(=O)c2cc3ccccc3c(N=Nc3cc(S(=O)(=O)O)c(C)cc3Cl)c2O)c1. The van der Waals surface area contributed by atoms with E-state index in [2.05, 4.69) is 15.5 Å². The summed E-state index contributed by atoms with van der Waals surface area (Å²) in [6.45, 7) is 1.46. The fraction of sp³-hybridized carbons (Fsp3) is 0.0800. The molecule has 9 nitrogen and oxygen atoms in total. The molecule has 37 heavy (non-hydrogen) atoms. The lowest BCUT2D eigenvalue weighted by Crippen LogP contribution is -2.12. The van der Waals surface area contributed by atoms with Crippen LogP contribution in [0.1, 0.15) is 15.9 Å². The summed E-state index contributed by atoms with van der Waals surface area (Å²) in [5, 5.41) is 23.2. The van der Waals surface area contributed by atoms with E-state index >= 15 is 0 Å². The molecular weight excluding hydrogens is 541 g/mol. The maximum Gasteiger partial charge on any atom is 0.294 e. The number of aromatic hydroxyl groups is 1. The zero-order valence-electron chi connectivity index (χ0n) is 19.4. The van der Waals surface area contributed by atoms with Gasteiger partial charge in [0, 0.05) is 11.5 Å². The van der Waals surface area contributed by atoms with Crippen molar-refractivity contribution in [1.82, 2.24) is 0 Å². The number of nitrogens with zero attached hydrogens (tertiary/aromatic N) is 2. The van der Waals surface area contributed by atoms with Crippen molar-refractivity contribution in [1.29, 1.82) is 0 Å². The van der Waals surface area contributed by atoms with Gasteiger partial charge in [0.2, 0.25) is 0 Å². The molecule has 4 aromatic carbocycles. The van der Waals surface area contributed by atoms with E-state index < -0.39 is 21.8 Å². The molecule has 0 radical (unpaired) electrons. The van der Waals surface area contributed by atoms with Crippen LogP contribution in [-0.2, 0) is 10.1 Å². The monoisotopic (exact) mass is 559 g/mol. The van der Waals surface area contributed by atoms with Gasteiger partial charge >= 0.3 is 0 Å². The Kier molecular flexibility index (Phi) is 7.37. The minimum Gasteiger partial charge on any atom is -0.505 e. The maximum absolute atomic E-state index is 13.1. The van der Waals surface area contributed by atoms with Crippen LogP contribution in [0.5, 0.6) is 11.5 Å². The van der Waals surface area contributed by atoms with Crippen molar-refractivity contribution in [2.24, 2.45) is 10.2 Å². The van der Waals surface area contributed by atoms with Gasteiger partial charge in [-0.15, -0.1) is 10.2 Å². The number of phenolic OH excluding ortho intramolecular Hbond substituents is 1. The van der Waals surface area contributed by atoms with E-state index in [0.29, 0.717) is 16.5 Å². The van der Waals surface area contributed by atoms with E-state index in [1.807, 2.05) is 0 Å². The Morgan fingerprint density at radius 2 is 1.73 bits per heavy atom. The third-order valence-corrected chi connectivity index (χ3v) is 7.07. The second-order valence-corrected chi connectivity index (χ2v) is 10.1. The van der Waals surface area contributed by atoms with E-state index in [9.17, 15) is 22.9 Å². The molecule has 0 spiro atoms. The number of benzene rings is 4. The fourth-order valence-corrected chi connectivity index (χ4v) is 4.76. The number of phenols is 1. The van der Waals surface area contributed by atoms with Gasteiger partial charge in [-0.25, -0.2) is 0 Å². The fourth-order valence-electron chi connectivity index (χ4n) is 3.61. The van der Waals surface area contributed by atoms with Gasteiger partial charge in [-0.1, -0.05) is 47.5 Å². The lowest BCUT2D eigenvalue weighted by Gasteiger charge is -2.13. The van der Waals surface area contributed by atoms with E-state index in [1.54, 1.807) is 36.4 Å². The highest BCUT2D eigenvalue weighted by atomic mass is 35.5. The number of ether oxygens (including phenoxy) is 1. The molecule has 0 atom stereocenters. The van der Waals surface area contributed by atoms with Gasteiger partial charge in [-0.05, 0) is 48.2 Å². The summed E-state index contributed by atoms with van der Waals surface area (Å²) < 4.78 is 38.0. The van der Waals surface area contributed by atoms with Crippen molar-refractivity contribution in [3.8, 4) is 11.5 Å². The zero-order chi connectivity index (χ0) is 26.9. The van der Waals surface area contributed by atoms with Crippen LogP contribution in [0.25, 0.3) is 10.8 Å². The largest absolute Gasteiger partial charge is 0.505 e. The molecule has 1 amide bonds. The van der Waals surface area contributed by atoms with E-state index in [4.69, 9.17) is 27.9 Å². The Labute approximate surface area is 222 Å². The molecule has 0 unspecified atom stereocenters. The number of nitrogens with one attached hydrogen (secondary N) is 1. The Morgan fingerprint density at radius 3 is 2.43 bits per heavy atom. The molecule has 3 N–H and O–H groups in total. The van der Waals surface area contributed by atoms with Gasteiger partial charge in [-0.2, -0.15) is 8.42 Å².